The molecule has 0 saturated carbocycles. The van der Waals surface area contributed by atoms with Gasteiger partial charge in [-0.3, -0.25) is 0 Å². The van der Waals surface area contributed by atoms with Crippen molar-refractivity contribution in [1.82, 2.24) is 0 Å². The molecule has 0 aromatic heterocycles. The third-order valence-corrected chi connectivity index (χ3v) is 10.4. The molecule has 0 atom stereocenters. The summed E-state index contributed by atoms with van der Waals surface area (Å²) in [5.41, 5.74) is 27.3. The number of benzene rings is 4. The Morgan fingerprint density at radius 3 is 0.812 bits per heavy atom. The molecule has 0 aliphatic heterocycles. The van der Waals surface area contributed by atoms with Gasteiger partial charge in [-0.1, -0.05) is 150 Å². The van der Waals surface area contributed by atoms with Gasteiger partial charge in [-0.2, -0.15) is 0 Å². The van der Waals surface area contributed by atoms with E-state index >= 15 is 0 Å². The molecule has 258 valence electrons. The first-order chi connectivity index (χ1) is 23.3. The number of rotatable bonds is 21. The predicted octanol–water partition coefficient (Wildman–Crippen LogP) is 12.5. The van der Waals surface area contributed by atoms with Crippen LogP contribution in [-0.2, 0) is 25.7 Å². The summed E-state index contributed by atoms with van der Waals surface area (Å²) in [4.78, 5) is 0. The maximum Gasteiger partial charge on any atom is 0.0373 e. The normalized spacial score (nSPS) is 11.3. The van der Waals surface area contributed by atoms with E-state index in [0.29, 0.717) is 0 Å². The van der Waals surface area contributed by atoms with Crippen LogP contribution >= 0.6 is 0 Å². The number of anilines is 2. The summed E-state index contributed by atoms with van der Waals surface area (Å²) in [6.45, 7) is 8.42. The summed E-state index contributed by atoms with van der Waals surface area (Å²) in [5.74, 6) is 0. The van der Waals surface area contributed by atoms with Crippen molar-refractivity contribution in [2.24, 2.45) is 0 Å². The molecule has 4 rings (SSSR count). The lowest BCUT2D eigenvalue weighted by Gasteiger charge is -2.10. The molecule has 0 unspecified atom stereocenters. The summed E-state index contributed by atoms with van der Waals surface area (Å²) in [6, 6.07) is 27.5. The number of aryl methyl sites for hydroxylation is 6. The highest BCUT2D eigenvalue weighted by Crippen LogP contribution is 2.23. The fourth-order valence-electron chi connectivity index (χ4n) is 7.23. The number of nitrogen functional groups attached to an aromatic ring is 2. The fraction of sp³-hybridized carbons (Fsp3) is 0.478. The van der Waals surface area contributed by atoms with Crippen LogP contribution in [0.1, 0.15) is 146 Å². The fourth-order valence-corrected chi connectivity index (χ4v) is 7.23. The Kier molecular flexibility index (Phi) is 15.6. The highest BCUT2D eigenvalue weighted by Gasteiger charge is 2.05. The van der Waals surface area contributed by atoms with Gasteiger partial charge in [-0.25, -0.2) is 0 Å². The van der Waals surface area contributed by atoms with E-state index in [1.165, 1.54) is 158 Å². The van der Waals surface area contributed by atoms with Crippen LogP contribution in [0.4, 0.5) is 11.4 Å². The van der Waals surface area contributed by atoms with Crippen molar-refractivity contribution in [2.75, 3.05) is 11.5 Å². The third-order valence-electron chi connectivity index (χ3n) is 10.4. The summed E-state index contributed by atoms with van der Waals surface area (Å²) in [6.07, 6.45) is 23.8. The number of hydrogen-bond donors (Lipinski definition) is 2. The summed E-state index contributed by atoms with van der Waals surface area (Å²) < 4.78 is 0. The molecule has 4 aromatic carbocycles. The molecule has 0 heterocycles. The van der Waals surface area contributed by atoms with E-state index in [2.05, 4.69) is 100 Å². The zero-order valence-corrected chi connectivity index (χ0v) is 30.8. The molecular weight excluding hydrogens is 581 g/mol. The van der Waals surface area contributed by atoms with Crippen LogP contribution in [0.2, 0.25) is 0 Å². The number of nitrogens with two attached hydrogens (primary N) is 2. The van der Waals surface area contributed by atoms with Crippen LogP contribution in [0.5, 0.6) is 0 Å². The van der Waals surface area contributed by atoms with Gasteiger partial charge in [-0.15, -0.1) is 0 Å². The minimum Gasteiger partial charge on any atom is -0.398 e. The van der Waals surface area contributed by atoms with Crippen molar-refractivity contribution in [3.8, 4) is 0 Å². The molecule has 0 aliphatic rings. The van der Waals surface area contributed by atoms with E-state index in [0.717, 1.165) is 24.2 Å². The van der Waals surface area contributed by atoms with Crippen LogP contribution in [-0.4, -0.2) is 0 Å². The van der Waals surface area contributed by atoms with Crippen molar-refractivity contribution in [3.63, 3.8) is 0 Å². The Bertz CT molecular complexity index is 1350. The van der Waals surface area contributed by atoms with E-state index in [1.807, 2.05) is 0 Å². The highest BCUT2D eigenvalue weighted by molar-refractivity contribution is 5.55. The van der Waals surface area contributed by atoms with Crippen LogP contribution in [0.25, 0.3) is 0 Å². The summed E-state index contributed by atoms with van der Waals surface area (Å²) >= 11 is 0. The minimum atomic E-state index is 0.924. The second-order valence-electron chi connectivity index (χ2n) is 14.7. The van der Waals surface area contributed by atoms with Gasteiger partial charge in [0.1, 0.15) is 0 Å². The third kappa shape index (κ3) is 12.8. The van der Waals surface area contributed by atoms with Crippen LogP contribution in [0.15, 0.2) is 72.8 Å². The lowest BCUT2D eigenvalue weighted by atomic mass is 9.97. The van der Waals surface area contributed by atoms with Crippen LogP contribution in [0.3, 0.4) is 0 Å². The first-order valence-corrected chi connectivity index (χ1v) is 19.2. The van der Waals surface area contributed by atoms with E-state index in [1.54, 1.807) is 0 Å². The van der Waals surface area contributed by atoms with E-state index in [4.69, 9.17) is 11.5 Å². The Labute approximate surface area is 293 Å². The largest absolute Gasteiger partial charge is 0.398 e. The standard InChI is InChI=1S/C46H64N2/c1-35-29-43(30-36(2)45(35)47)33-41-25-21-39(22-26-41)19-17-15-13-11-9-7-5-6-8-10-12-14-16-18-20-40-23-27-42(28-24-40)34-44-31-37(3)46(48)38(4)32-44/h21-32H,5-20,33-34,47-48H2,1-4H3. The highest BCUT2D eigenvalue weighted by atomic mass is 14.6. The predicted molar refractivity (Wildman–Crippen MR) is 211 cm³/mol. The zero-order chi connectivity index (χ0) is 34.1. The van der Waals surface area contributed by atoms with E-state index < -0.39 is 0 Å². The van der Waals surface area contributed by atoms with Gasteiger partial charge in [0, 0.05) is 11.4 Å². The average molecular weight is 645 g/mol. The maximum absolute atomic E-state index is 6.12. The Morgan fingerprint density at radius 2 is 0.542 bits per heavy atom. The number of hydrogen-bond acceptors (Lipinski definition) is 2. The van der Waals surface area contributed by atoms with Gasteiger partial charge in [0.05, 0.1) is 0 Å². The molecule has 0 amide bonds. The molecule has 0 fully saturated rings. The zero-order valence-electron chi connectivity index (χ0n) is 30.8. The molecule has 4 aromatic rings. The van der Waals surface area contributed by atoms with Gasteiger partial charge >= 0.3 is 0 Å². The van der Waals surface area contributed by atoms with Crippen molar-refractivity contribution < 1.29 is 0 Å². The van der Waals surface area contributed by atoms with Crippen molar-refractivity contribution in [3.05, 3.63) is 128 Å². The topological polar surface area (TPSA) is 52.0 Å². The second kappa shape index (κ2) is 20.1. The van der Waals surface area contributed by atoms with Gasteiger partial charge in [-0.05, 0) is 122 Å². The molecule has 0 saturated heterocycles. The van der Waals surface area contributed by atoms with Crippen molar-refractivity contribution in [1.29, 1.82) is 0 Å². The van der Waals surface area contributed by atoms with Crippen molar-refractivity contribution >= 4 is 11.4 Å². The molecule has 48 heavy (non-hydrogen) atoms. The Hall–Kier alpha value is -3.52. The first-order valence-electron chi connectivity index (χ1n) is 19.2. The van der Waals surface area contributed by atoms with Gasteiger partial charge < -0.3 is 11.5 Å². The smallest absolute Gasteiger partial charge is 0.0373 e. The molecule has 0 spiro atoms. The lowest BCUT2D eigenvalue weighted by Crippen LogP contribution is -1.97. The van der Waals surface area contributed by atoms with Gasteiger partial charge in [0.15, 0.2) is 0 Å². The molecular formula is C46H64N2. The van der Waals surface area contributed by atoms with Crippen molar-refractivity contribution in [2.45, 2.75) is 143 Å². The van der Waals surface area contributed by atoms with Crippen LogP contribution < -0.4 is 11.5 Å². The molecule has 0 bridgehead atoms. The van der Waals surface area contributed by atoms with E-state index in [9.17, 15) is 0 Å². The maximum atomic E-state index is 6.12. The monoisotopic (exact) mass is 645 g/mol. The molecule has 4 N–H and O–H groups in total. The Morgan fingerprint density at radius 1 is 0.312 bits per heavy atom. The first kappa shape index (κ1) is 37.3. The van der Waals surface area contributed by atoms with E-state index in [-0.39, 0.29) is 0 Å². The minimum absolute atomic E-state index is 0.924. The SMILES string of the molecule is Cc1cc(Cc2ccc(CCCCCCCCCCCCCCCCc3ccc(Cc4cc(C)c(N)c(C)c4)cc3)cc2)cc(C)c1N. The molecule has 0 radical (unpaired) electrons. The Balaban J connectivity index is 0.927. The average Bonchev–Trinajstić information content (AvgIpc) is 3.07. The second-order valence-corrected chi connectivity index (χ2v) is 14.7. The van der Waals surface area contributed by atoms with Gasteiger partial charge in [0.2, 0.25) is 0 Å². The number of unbranched alkanes of at least 4 members (excludes halogenated alkanes) is 13. The van der Waals surface area contributed by atoms with Crippen LogP contribution in [0, 0.1) is 27.7 Å². The molecule has 0 aliphatic carbocycles. The van der Waals surface area contributed by atoms with Gasteiger partial charge in [0.25, 0.3) is 0 Å². The molecule has 2 heteroatoms. The summed E-state index contributed by atoms with van der Waals surface area (Å²) in [5, 5.41) is 0. The lowest BCUT2D eigenvalue weighted by molar-refractivity contribution is 0.533. The quantitative estimate of drug-likeness (QED) is 0.0700. The summed E-state index contributed by atoms with van der Waals surface area (Å²) in [7, 11) is 0. The molecule has 2 nitrogen and oxygen atoms in total.